The van der Waals surface area contributed by atoms with Gasteiger partial charge in [-0.25, -0.2) is 0 Å². The Labute approximate surface area is 120 Å². The van der Waals surface area contributed by atoms with Crippen molar-refractivity contribution >= 4 is 5.69 Å². The molecule has 1 aromatic rings. The lowest BCUT2D eigenvalue weighted by Gasteiger charge is -2.22. The maximum Gasteiger partial charge on any atom is 0.312 e. The number of nitrogens with zero attached hydrogens (tertiary/aromatic N) is 6. The van der Waals surface area contributed by atoms with Crippen LogP contribution in [0.25, 0.3) is 10.4 Å². The highest BCUT2D eigenvalue weighted by atomic mass is 16.6. The van der Waals surface area contributed by atoms with Gasteiger partial charge >= 0.3 is 5.69 Å². The van der Waals surface area contributed by atoms with Crippen LogP contribution in [0.15, 0.2) is 11.3 Å². The Morgan fingerprint density at radius 2 is 2.38 bits per heavy atom. The highest BCUT2D eigenvalue weighted by Crippen LogP contribution is 2.35. The standard InChI is InChI=1S/C11H16N6O4/c1-6-11(18)7(14-15-12)3-4-9(21-6)10-8(17(19)20)5-13-16(10)2/h5-7,9,11,18H,3-4H2,1-2H3/t6-,7+,9-,11-/m0/s1. The molecule has 0 spiro atoms. The zero-order valence-corrected chi connectivity index (χ0v) is 11.7. The molecule has 1 saturated heterocycles. The largest absolute Gasteiger partial charge is 0.390 e. The van der Waals surface area contributed by atoms with Crippen molar-refractivity contribution in [2.45, 2.75) is 44.1 Å². The monoisotopic (exact) mass is 296 g/mol. The van der Waals surface area contributed by atoms with Crippen LogP contribution >= 0.6 is 0 Å². The summed E-state index contributed by atoms with van der Waals surface area (Å²) in [7, 11) is 1.60. The molecule has 1 aliphatic heterocycles. The molecule has 1 aliphatic rings. The van der Waals surface area contributed by atoms with Gasteiger partial charge in [0.05, 0.1) is 23.2 Å². The number of nitro groups is 1. The number of aryl methyl sites for hydroxylation is 1. The highest BCUT2D eigenvalue weighted by molar-refractivity contribution is 5.35. The second kappa shape index (κ2) is 6.08. The van der Waals surface area contributed by atoms with E-state index in [4.69, 9.17) is 10.3 Å². The summed E-state index contributed by atoms with van der Waals surface area (Å²) < 4.78 is 7.12. The van der Waals surface area contributed by atoms with E-state index in [1.807, 2.05) is 0 Å². The Bertz CT molecular complexity index is 581. The van der Waals surface area contributed by atoms with Crippen molar-refractivity contribution in [2.24, 2.45) is 12.2 Å². The van der Waals surface area contributed by atoms with Crippen molar-refractivity contribution in [3.63, 3.8) is 0 Å². The van der Waals surface area contributed by atoms with Crippen molar-refractivity contribution in [1.29, 1.82) is 0 Å². The topological polar surface area (TPSA) is 139 Å². The third kappa shape index (κ3) is 2.97. The molecule has 1 N–H and O–H groups in total. The van der Waals surface area contributed by atoms with Gasteiger partial charge < -0.3 is 9.84 Å². The smallest absolute Gasteiger partial charge is 0.312 e. The maximum absolute atomic E-state index is 11.1. The molecule has 4 atom stereocenters. The Balaban J connectivity index is 2.32. The lowest BCUT2D eigenvalue weighted by Crippen LogP contribution is -2.34. The summed E-state index contributed by atoms with van der Waals surface area (Å²) in [6, 6.07) is -0.609. The van der Waals surface area contributed by atoms with Crippen LogP contribution in [0.3, 0.4) is 0 Å². The van der Waals surface area contributed by atoms with E-state index in [1.165, 1.54) is 10.9 Å². The fourth-order valence-electron chi connectivity index (χ4n) is 2.56. The third-order valence-electron chi connectivity index (χ3n) is 3.64. The predicted molar refractivity (Wildman–Crippen MR) is 71.3 cm³/mol. The molecule has 0 amide bonds. The minimum atomic E-state index is -0.946. The van der Waals surface area contributed by atoms with Crippen LogP contribution in [0.4, 0.5) is 5.69 Å². The number of rotatable bonds is 3. The Morgan fingerprint density at radius 1 is 1.67 bits per heavy atom. The first-order chi connectivity index (χ1) is 9.95. The quantitative estimate of drug-likeness (QED) is 0.296. The van der Waals surface area contributed by atoms with Crippen molar-refractivity contribution in [1.82, 2.24) is 9.78 Å². The van der Waals surface area contributed by atoms with Gasteiger partial charge in [-0.3, -0.25) is 14.8 Å². The van der Waals surface area contributed by atoms with Gasteiger partial charge in [0.1, 0.15) is 18.0 Å². The van der Waals surface area contributed by atoms with Gasteiger partial charge in [-0.15, -0.1) is 0 Å². The molecule has 0 aliphatic carbocycles. The first-order valence-electron chi connectivity index (χ1n) is 6.49. The van der Waals surface area contributed by atoms with E-state index in [2.05, 4.69) is 15.1 Å². The van der Waals surface area contributed by atoms with Gasteiger partial charge in [0, 0.05) is 12.0 Å². The minimum absolute atomic E-state index is 0.119. The van der Waals surface area contributed by atoms with Crippen molar-refractivity contribution < 1.29 is 14.8 Å². The van der Waals surface area contributed by atoms with E-state index in [-0.39, 0.29) is 5.69 Å². The van der Waals surface area contributed by atoms with E-state index in [0.29, 0.717) is 18.5 Å². The van der Waals surface area contributed by atoms with E-state index >= 15 is 0 Å². The third-order valence-corrected chi connectivity index (χ3v) is 3.64. The molecule has 10 heteroatoms. The van der Waals surface area contributed by atoms with Crippen LogP contribution in [0.5, 0.6) is 0 Å². The van der Waals surface area contributed by atoms with Crippen molar-refractivity contribution in [2.75, 3.05) is 0 Å². The summed E-state index contributed by atoms with van der Waals surface area (Å²) in [5.41, 5.74) is 8.76. The van der Waals surface area contributed by atoms with Crippen LogP contribution in [0, 0.1) is 10.1 Å². The molecule has 10 nitrogen and oxygen atoms in total. The molecule has 2 rings (SSSR count). The SMILES string of the molecule is C[C@@H]1O[C@H](c2c([N+](=O)[O-])cnn2C)CC[C@@H](N=[N+]=[N-])[C@H]1O. The summed E-state index contributed by atoms with van der Waals surface area (Å²) in [5.74, 6) is 0. The van der Waals surface area contributed by atoms with Gasteiger partial charge in [-0.1, -0.05) is 5.11 Å². The molecule has 2 heterocycles. The number of hydrogen-bond acceptors (Lipinski definition) is 6. The van der Waals surface area contributed by atoms with Crippen LogP contribution in [0.1, 0.15) is 31.6 Å². The van der Waals surface area contributed by atoms with Gasteiger partial charge in [-0.05, 0) is 25.3 Å². The Morgan fingerprint density at radius 3 is 3.00 bits per heavy atom. The Hall–Kier alpha value is -2.16. The molecular weight excluding hydrogens is 280 g/mol. The van der Waals surface area contributed by atoms with Gasteiger partial charge in [0.25, 0.3) is 0 Å². The summed E-state index contributed by atoms with van der Waals surface area (Å²) in [5, 5.41) is 28.6. The second-order valence-corrected chi connectivity index (χ2v) is 4.97. The number of aromatic nitrogens is 2. The number of ether oxygens (including phenoxy) is 1. The first kappa shape index (κ1) is 15.2. The summed E-state index contributed by atoms with van der Waals surface area (Å²) in [4.78, 5) is 13.3. The molecule has 0 radical (unpaired) electrons. The lowest BCUT2D eigenvalue weighted by molar-refractivity contribution is -0.386. The van der Waals surface area contributed by atoms with Crippen LogP contribution < -0.4 is 0 Å². The molecule has 1 aromatic heterocycles. The van der Waals surface area contributed by atoms with Gasteiger partial charge in [0.15, 0.2) is 0 Å². The van der Waals surface area contributed by atoms with Crippen LogP contribution in [-0.4, -0.2) is 38.1 Å². The molecule has 0 saturated carbocycles. The average Bonchev–Trinajstić information content (AvgIpc) is 2.76. The predicted octanol–water partition coefficient (Wildman–Crippen LogP) is 1.61. The molecule has 0 unspecified atom stereocenters. The maximum atomic E-state index is 11.1. The van der Waals surface area contributed by atoms with E-state index in [9.17, 15) is 15.2 Å². The summed E-state index contributed by atoms with van der Waals surface area (Å²) in [6.07, 6.45) is -0.189. The first-order valence-corrected chi connectivity index (χ1v) is 6.49. The fourth-order valence-corrected chi connectivity index (χ4v) is 2.56. The number of hydrogen-bond donors (Lipinski definition) is 1. The van der Waals surface area contributed by atoms with E-state index < -0.39 is 29.3 Å². The minimum Gasteiger partial charge on any atom is -0.390 e. The second-order valence-electron chi connectivity index (χ2n) is 4.97. The van der Waals surface area contributed by atoms with Crippen LogP contribution in [-0.2, 0) is 11.8 Å². The van der Waals surface area contributed by atoms with Crippen molar-refractivity contribution in [3.05, 3.63) is 32.4 Å². The molecule has 21 heavy (non-hydrogen) atoms. The fraction of sp³-hybridized carbons (Fsp3) is 0.727. The molecule has 0 aromatic carbocycles. The Kier molecular flexibility index (Phi) is 4.41. The molecule has 0 bridgehead atoms. The number of aliphatic hydroxyl groups excluding tert-OH is 1. The average molecular weight is 296 g/mol. The normalized spacial score (nSPS) is 29.5. The molecule has 1 fully saturated rings. The lowest BCUT2D eigenvalue weighted by atomic mass is 10.0. The van der Waals surface area contributed by atoms with Crippen molar-refractivity contribution in [3.8, 4) is 0 Å². The highest BCUT2D eigenvalue weighted by Gasteiger charge is 2.36. The van der Waals surface area contributed by atoms with Gasteiger partial charge in [0.2, 0.25) is 0 Å². The summed E-state index contributed by atoms with van der Waals surface area (Å²) in [6.45, 7) is 1.64. The number of azide groups is 1. The molecule has 114 valence electrons. The zero-order chi connectivity index (χ0) is 15.6. The van der Waals surface area contributed by atoms with E-state index in [1.54, 1.807) is 14.0 Å². The number of aliphatic hydroxyl groups is 1. The van der Waals surface area contributed by atoms with Gasteiger partial charge in [-0.2, -0.15) is 5.10 Å². The van der Waals surface area contributed by atoms with Crippen LogP contribution in [0.2, 0.25) is 0 Å². The zero-order valence-electron chi connectivity index (χ0n) is 11.7. The van der Waals surface area contributed by atoms with E-state index in [0.717, 1.165) is 0 Å². The summed E-state index contributed by atoms with van der Waals surface area (Å²) >= 11 is 0. The molecular formula is C11H16N6O4.